The fourth-order valence-corrected chi connectivity index (χ4v) is 3.11. The monoisotopic (exact) mass is 479 g/mol. The highest BCUT2D eigenvalue weighted by atomic mass is 35.5. The van der Waals surface area contributed by atoms with Gasteiger partial charge in [0.25, 0.3) is 11.0 Å². The summed E-state index contributed by atoms with van der Waals surface area (Å²) in [7, 11) is 1.48. The van der Waals surface area contributed by atoms with Crippen LogP contribution in [0.1, 0.15) is 36.0 Å². The highest BCUT2D eigenvalue weighted by Crippen LogP contribution is 2.29. The Labute approximate surface area is 196 Å². The molecule has 2 amide bonds. The van der Waals surface area contributed by atoms with E-state index in [1.807, 2.05) is 0 Å². The second kappa shape index (κ2) is 13.8. The van der Waals surface area contributed by atoms with Crippen LogP contribution in [0.2, 0.25) is 5.02 Å². The zero-order chi connectivity index (χ0) is 24.1. The molecular weight excluding hydrogens is 454 g/mol. The molecule has 0 unspecified atom stereocenters. The van der Waals surface area contributed by atoms with Gasteiger partial charge in [0.2, 0.25) is 5.91 Å². The van der Waals surface area contributed by atoms with Crippen LogP contribution >= 0.6 is 11.6 Å². The molecule has 0 fully saturated rings. The molecule has 0 aliphatic carbocycles. The van der Waals surface area contributed by atoms with Crippen molar-refractivity contribution in [1.82, 2.24) is 5.32 Å². The SMILES string of the molecule is COc1ccc(OCCO[N+](=O)[O-])cc1NC(=O)CCCCCNC(=O)c1ccccc1Cl. The van der Waals surface area contributed by atoms with Gasteiger partial charge < -0.3 is 24.9 Å². The summed E-state index contributed by atoms with van der Waals surface area (Å²) in [5, 5.41) is 15.3. The molecule has 0 bridgehead atoms. The van der Waals surface area contributed by atoms with Gasteiger partial charge in [-0.2, -0.15) is 0 Å². The summed E-state index contributed by atoms with van der Waals surface area (Å²) in [4.78, 5) is 38.7. The topological polar surface area (TPSA) is 129 Å². The van der Waals surface area contributed by atoms with Crippen molar-refractivity contribution in [2.24, 2.45) is 0 Å². The van der Waals surface area contributed by atoms with Gasteiger partial charge in [-0.15, -0.1) is 10.1 Å². The minimum Gasteiger partial charge on any atom is -0.495 e. The predicted molar refractivity (Wildman–Crippen MR) is 122 cm³/mol. The fourth-order valence-electron chi connectivity index (χ4n) is 2.89. The van der Waals surface area contributed by atoms with Gasteiger partial charge in [-0.3, -0.25) is 9.59 Å². The van der Waals surface area contributed by atoms with Crippen LogP contribution in [0.25, 0.3) is 0 Å². The molecule has 2 rings (SSSR count). The minimum atomic E-state index is -0.893. The van der Waals surface area contributed by atoms with Crippen LogP contribution in [-0.2, 0) is 9.63 Å². The number of carbonyl (C=O) groups excluding carboxylic acids is 2. The Hall–Kier alpha value is -3.53. The number of hydrogen-bond donors (Lipinski definition) is 2. The fraction of sp³-hybridized carbons (Fsp3) is 0.364. The van der Waals surface area contributed by atoms with Gasteiger partial charge in [0.15, 0.2) is 0 Å². The molecule has 33 heavy (non-hydrogen) atoms. The van der Waals surface area contributed by atoms with E-state index in [9.17, 15) is 19.7 Å². The molecule has 0 atom stereocenters. The van der Waals surface area contributed by atoms with E-state index in [1.165, 1.54) is 7.11 Å². The van der Waals surface area contributed by atoms with Crippen molar-refractivity contribution in [3.8, 4) is 11.5 Å². The predicted octanol–water partition coefficient (Wildman–Crippen LogP) is 3.86. The molecule has 10 nitrogen and oxygen atoms in total. The molecule has 0 radical (unpaired) electrons. The molecule has 0 saturated heterocycles. The van der Waals surface area contributed by atoms with Gasteiger partial charge in [-0.05, 0) is 37.1 Å². The van der Waals surface area contributed by atoms with Gasteiger partial charge in [0.1, 0.15) is 24.7 Å². The summed E-state index contributed by atoms with van der Waals surface area (Å²) in [5.74, 6) is 0.451. The molecule has 11 heteroatoms. The number of ether oxygens (including phenoxy) is 2. The number of nitrogens with zero attached hydrogens (tertiary/aromatic N) is 1. The molecule has 0 aliphatic heterocycles. The van der Waals surface area contributed by atoms with Crippen molar-refractivity contribution in [3.63, 3.8) is 0 Å². The van der Waals surface area contributed by atoms with E-state index in [-0.39, 0.29) is 25.0 Å². The summed E-state index contributed by atoms with van der Waals surface area (Å²) in [6.45, 7) is 0.256. The number of nitrogens with one attached hydrogen (secondary N) is 2. The quantitative estimate of drug-likeness (QED) is 0.239. The van der Waals surface area contributed by atoms with Crippen molar-refractivity contribution in [2.45, 2.75) is 25.7 Å². The Morgan fingerprint density at radius 3 is 2.61 bits per heavy atom. The standard InChI is InChI=1S/C22H26ClN3O7/c1-31-20-11-10-16(32-13-14-33-26(29)30)15-19(20)25-21(27)9-3-2-6-12-24-22(28)17-7-4-5-8-18(17)23/h4-5,7-8,10-11,15H,2-3,6,9,12-14H2,1H3,(H,24,28)(H,25,27). The van der Waals surface area contributed by atoms with Crippen LogP contribution in [-0.4, -0.2) is 43.8 Å². The number of anilines is 1. The van der Waals surface area contributed by atoms with Crippen LogP contribution < -0.4 is 20.1 Å². The third-order valence-electron chi connectivity index (χ3n) is 4.48. The van der Waals surface area contributed by atoms with Crippen molar-refractivity contribution in [1.29, 1.82) is 0 Å². The Bertz CT molecular complexity index is 955. The first kappa shape index (κ1) is 25.7. The second-order valence-corrected chi connectivity index (χ2v) is 7.27. The van der Waals surface area contributed by atoms with E-state index in [0.29, 0.717) is 47.2 Å². The zero-order valence-corrected chi connectivity index (χ0v) is 18.9. The maximum Gasteiger partial charge on any atom is 0.294 e. The van der Waals surface area contributed by atoms with E-state index in [0.717, 1.165) is 12.8 Å². The molecule has 0 spiro atoms. The first-order chi connectivity index (χ1) is 15.9. The molecule has 0 aliphatic rings. The molecule has 2 N–H and O–H groups in total. The number of halogens is 1. The maximum absolute atomic E-state index is 12.3. The first-order valence-corrected chi connectivity index (χ1v) is 10.7. The first-order valence-electron chi connectivity index (χ1n) is 10.3. The summed E-state index contributed by atoms with van der Waals surface area (Å²) in [6.07, 6.45) is 2.42. The Morgan fingerprint density at radius 2 is 1.88 bits per heavy atom. The normalized spacial score (nSPS) is 10.2. The highest BCUT2D eigenvalue weighted by Gasteiger charge is 2.11. The van der Waals surface area contributed by atoms with E-state index in [2.05, 4.69) is 15.5 Å². The van der Waals surface area contributed by atoms with Crippen LogP contribution in [0.3, 0.4) is 0 Å². The lowest BCUT2D eigenvalue weighted by molar-refractivity contribution is -0.757. The average Bonchev–Trinajstić information content (AvgIpc) is 2.79. The number of methoxy groups -OCH3 is 1. The van der Waals surface area contributed by atoms with Gasteiger partial charge in [0, 0.05) is 19.0 Å². The van der Waals surface area contributed by atoms with E-state index in [4.69, 9.17) is 21.1 Å². The summed E-state index contributed by atoms with van der Waals surface area (Å²) in [5.41, 5.74) is 0.867. The molecule has 2 aromatic rings. The van der Waals surface area contributed by atoms with Gasteiger partial charge in [-0.25, -0.2) is 0 Å². The molecule has 178 valence electrons. The van der Waals surface area contributed by atoms with Crippen LogP contribution in [0.5, 0.6) is 11.5 Å². The van der Waals surface area contributed by atoms with Crippen molar-refractivity contribution in [3.05, 3.63) is 63.2 Å². The summed E-state index contributed by atoms with van der Waals surface area (Å²) >= 11 is 6.01. The van der Waals surface area contributed by atoms with E-state index < -0.39 is 5.09 Å². The van der Waals surface area contributed by atoms with Gasteiger partial charge in [-0.1, -0.05) is 30.2 Å². The lowest BCUT2D eigenvalue weighted by Crippen LogP contribution is -2.24. The van der Waals surface area contributed by atoms with Crippen LogP contribution in [0.4, 0.5) is 5.69 Å². The van der Waals surface area contributed by atoms with Crippen molar-refractivity contribution < 1.29 is 29.0 Å². The maximum atomic E-state index is 12.3. The van der Waals surface area contributed by atoms with E-state index >= 15 is 0 Å². The Kier molecular flexibility index (Phi) is 10.8. The van der Waals surface area contributed by atoms with E-state index in [1.54, 1.807) is 42.5 Å². The second-order valence-electron chi connectivity index (χ2n) is 6.86. The summed E-state index contributed by atoms with van der Waals surface area (Å²) < 4.78 is 10.6. The zero-order valence-electron chi connectivity index (χ0n) is 18.2. The molecule has 0 heterocycles. The number of rotatable bonds is 14. The Morgan fingerprint density at radius 1 is 1.09 bits per heavy atom. The average molecular weight is 480 g/mol. The lowest BCUT2D eigenvalue weighted by atomic mass is 10.1. The number of benzene rings is 2. The minimum absolute atomic E-state index is 0.0201. The van der Waals surface area contributed by atoms with Crippen LogP contribution in [0.15, 0.2) is 42.5 Å². The van der Waals surface area contributed by atoms with Crippen molar-refractivity contribution >= 4 is 29.1 Å². The molecule has 0 saturated carbocycles. The van der Waals surface area contributed by atoms with Gasteiger partial charge >= 0.3 is 0 Å². The number of hydrogen-bond acceptors (Lipinski definition) is 7. The molecule has 2 aromatic carbocycles. The molecule has 0 aromatic heterocycles. The number of amides is 2. The molecular formula is C22H26ClN3O7. The Balaban J connectivity index is 1.70. The lowest BCUT2D eigenvalue weighted by Gasteiger charge is -2.13. The number of carbonyl (C=O) groups is 2. The summed E-state index contributed by atoms with van der Waals surface area (Å²) in [6, 6.07) is 11.7. The van der Waals surface area contributed by atoms with Gasteiger partial charge in [0.05, 0.1) is 23.4 Å². The third-order valence-corrected chi connectivity index (χ3v) is 4.81. The third kappa shape index (κ3) is 9.24. The largest absolute Gasteiger partial charge is 0.495 e. The van der Waals surface area contributed by atoms with Crippen molar-refractivity contribution in [2.75, 3.05) is 32.2 Å². The highest BCUT2D eigenvalue weighted by molar-refractivity contribution is 6.33. The number of unbranched alkanes of at least 4 members (excludes halogenated alkanes) is 2. The van der Waals surface area contributed by atoms with Crippen LogP contribution in [0, 0.1) is 10.1 Å². The smallest absolute Gasteiger partial charge is 0.294 e.